The maximum Gasteiger partial charge on any atom is 0.224 e. The summed E-state index contributed by atoms with van der Waals surface area (Å²) >= 11 is 11.4. The monoisotopic (exact) mass is 277 g/mol. The second-order valence-corrected chi connectivity index (χ2v) is 4.72. The summed E-state index contributed by atoms with van der Waals surface area (Å²) in [4.78, 5) is 11.7. The Hall–Kier alpha value is -0.800. The van der Waals surface area contributed by atoms with Crippen molar-refractivity contribution in [3.05, 3.63) is 35.6 Å². The molecule has 0 aliphatic carbocycles. The van der Waals surface area contributed by atoms with E-state index >= 15 is 0 Å². The van der Waals surface area contributed by atoms with Gasteiger partial charge < -0.3 is 5.32 Å². The van der Waals surface area contributed by atoms with Crippen molar-refractivity contribution in [2.75, 3.05) is 11.8 Å². The Morgan fingerprint density at radius 3 is 2.59 bits per heavy atom. The Morgan fingerprint density at radius 1 is 1.41 bits per heavy atom. The van der Waals surface area contributed by atoms with E-state index in [4.69, 9.17) is 23.2 Å². The third-order valence-electron chi connectivity index (χ3n) is 2.28. The molecule has 1 amide bonds. The highest BCUT2D eigenvalue weighted by Crippen LogP contribution is 2.10. The first kappa shape index (κ1) is 14.3. The van der Waals surface area contributed by atoms with Crippen molar-refractivity contribution in [2.45, 2.75) is 18.9 Å². The maximum absolute atomic E-state index is 12.9. The molecule has 17 heavy (non-hydrogen) atoms. The second kappa shape index (κ2) is 6.22. The average molecular weight is 278 g/mol. The summed E-state index contributed by atoms with van der Waals surface area (Å²) in [6.07, 6.45) is 0.112. The SMILES string of the molecule is CC(CCl)(CCl)NC(=O)Cc1cccc(F)c1. The number of carbonyl (C=O) groups excluding carboxylic acids is 1. The molecular formula is C12H14Cl2FNO. The van der Waals surface area contributed by atoms with Crippen molar-refractivity contribution in [3.8, 4) is 0 Å². The van der Waals surface area contributed by atoms with Crippen LogP contribution in [0.3, 0.4) is 0 Å². The number of hydrogen-bond donors (Lipinski definition) is 1. The quantitative estimate of drug-likeness (QED) is 0.824. The summed E-state index contributed by atoms with van der Waals surface area (Å²) < 4.78 is 12.9. The van der Waals surface area contributed by atoms with Crippen LogP contribution in [0.15, 0.2) is 24.3 Å². The topological polar surface area (TPSA) is 29.1 Å². The first-order chi connectivity index (χ1) is 7.99. The highest BCUT2D eigenvalue weighted by atomic mass is 35.5. The van der Waals surface area contributed by atoms with Crippen LogP contribution < -0.4 is 5.32 Å². The number of benzene rings is 1. The van der Waals surface area contributed by atoms with E-state index in [9.17, 15) is 9.18 Å². The van der Waals surface area contributed by atoms with Crippen LogP contribution in [0.1, 0.15) is 12.5 Å². The minimum atomic E-state index is -0.631. The molecule has 0 aromatic heterocycles. The third kappa shape index (κ3) is 4.52. The van der Waals surface area contributed by atoms with E-state index in [0.717, 1.165) is 0 Å². The number of hydrogen-bond acceptors (Lipinski definition) is 1. The van der Waals surface area contributed by atoms with Crippen molar-refractivity contribution in [2.24, 2.45) is 0 Å². The summed E-state index contributed by atoms with van der Waals surface area (Å²) in [5, 5.41) is 2.74. The van der Waals surface area contributed by atoms with Crippen molar-refractivity contribution in [1.29, 1.82) is 0 Å². The summed E-state index contributed by atoms with van der Waals surface area (Å²) in [7, 11) is 0. The zero-order valence-corrected chi connectivity index (χ0v) is 11.0. The zero-order valence-electron chi connectivity index (χ0n) is 9.47. The fourth-order valence-corrected chi connectivity index (χ4v) is 1.73. The van der Waals surface area contributed by atoms with Gasteiger partial charge in [-0.15, -0.1) is 23.2 Å². The van der Waals surface area contributed by atoms with Crippen LogP contribution in [0.5, 0.6) is 0 Å². The largest absolute Gasteiger partial charge is 0.348 e. The van der Waals surface area contributed by atoms with E-state index in [1.807, 2.05) is 0 Å². The molecule has 0 saturated heterocycles. The van der Waals surface area contributed by atoms with Gasteiger partial charge in [-0.3, -0.25) is 4.79 Å². The molecule has 0 fully saturated rings. The van der Waals surface area contributed by atoms with Crippen LogP contribution in [-0.2, 0) is 11.2 Å². The molecule has 0 saturated carbocycles. The van der Waals surface area contributed by atoms with Gasteiger partial charge in [0.2, 0.25) is 5.91 Å². The standard InChI is InChI=1S/C12H14Cl2FNO/c1-12(7-13,8-14)16-11(17)6-9-3-2-4-10(15)5-9/h2-5H,6-8H2,1H3,(H,16,17). The number of nitrogens with one attached hydrogen (secondary N) is 1. The van der Waals surface area contributed by atoms with E-state index in [1.165, 1.54) is 12.1 Å². The average Bonchev–Trinajstić information content (AvgIpc) is 2.28. The molecule has 0 heterocycles. The first-order valence-electron chi connectivity index (χ1n) is 5.16. The molecule has 1 rings (SSSR count). The summed E-state index contributed by atoms with van der Waals surface area (Å²) in [6.45, 7) is 1.76. The van der Waals surface area contributed by atoms with Crippen LogP contribution in [0.4, 0.5) is 4.39 Å². The van der Waals surface area contributed by atoms with E-state index in [2.05, 4.69) is 5.32 Å². The summed E-state index contributed by atoms with van der Waals surface area (Å²) in [6, 6.07) is 5.93. The molecule has 0 bridgehead atoms. The summed E-state index contributed by atoms with van der Waals surface area (Å²) in [5.41, 5.74) is -0.0120. The molecule has 94 valence electrons. The Bertz CT molecular complexity index is 394. The lowest BCUT2D eigenvalue weighted by Crippen LogP contribution is -2.49. The minimum absolute atomic E-state index is 0.112. The van der Waals surface area contributed by atoms with Crippen molar-refractivity contribution in [1.82, 2.24) is 5.32 Å². The lowest BCUT2D eigenvalue weighted by molar-refractivity contribution is -0.121. The van der Waals surface area contributed by atoms with Crippen LogP contribution in [0, 0.1) is 5.82 Å². The fraction of sp³-hybridized carbons (Fsp3) is 0.417. The maximum atomic E-state index is 12.9. The van der Waals surface area contributed by atoms with E-state index in [-0.39, 0.29) is 29.9 Å². The van der Waals surface area contributed by atoms with Gasteiger partial charge in [-0.2, -0.15) is 0 Å². The molecule has 0 radical (unpaired) electrons. The number of rotatable bonds is 5. The Morgan fingerprint density at radius 2 is 2.06 bits per heavy atom. The molecule has 2 nitrogen and oxygen atoms in total. The fourth-order valence-electron chi connectivity index (χ4n) is 1.32. The predicted molar refractivity (Wildman–Crippen MR) is 68.1 cm³/mol. The highest BCUT2D eigenvalue weighted by Gasteiger charge is 2.24. The van der Waals surface area contributed by atoms with Gasteiger partial charge in [-0.1, -0.05) is 12.1 Å². The Labute approximate surface area is 110 Å². The first-order valence-corrected chi connectivity index (χ1v) is 6.23. The van der Waals surface area contributed by atoms with Gasteiger partial charge in [0.15, 0.2) is 0 Å². The molecule has 0 aliphatic rings. The van der Waals surface area contributed by atoms with Crippen LogP contribution in [0.2, 0.25) is 0 Å². The molecule has 1 aromatic carbocycles. The van der Waals surface area contributed by atoms with E-state index < -0.39 is 5.54 Å². The van der Waals surface area contributed by atoms with Crippen LogP contribution >= 0.6 is 23.2 Å². The molecule has 1 aromatic rings. The Kier molecular flexibility index (Phi) is 5.22. The van der Waals surface area contributed by atoms with Gasteiger partial charge in [0.05, 0.1) is 12.0 Å². The van der Waals surface area contributed by atoms with Gasteiger partial charge in [0, 0.05) is 11.8 Å². The normalized spacial score (nSPS) is 11.3. The van der Waals surface area contributed by atoms with E-state index in [0.29, 0.717) is 5.56 Å². The van der Waals surface area contributed by atoms with Gasteiger partial charge in [0.25, 0.3) is 0 Å². The van der Waals surface area contributed by atoms with Crippen LogP contribution in [0.25, 0.3) is 0 Å². The molecular weight excluding hydrogens is 264 g/mol. The van der Waals surface area contributed by atoms with E-state index in [1.54, 1.807) is 19.1 Å². The number of amides is 1. The predicted octanol–water partition coefficient (Wildman–Crippen LogP) is 2.72. The molecule has 0 aliphatic heterocycles. The second-order valence-electron chi connectivity index (χ2n) is 4.18. The molecule has 1 N–H and O–H groups in total. The highest BCUT2D eigenvalue weighted by molar-refractivity contribution is 6.22. The van der Waals surface area contributed by atoms with Gasteiger partial charge in [0.1, 0.15) is 5.82 Å². The number of alkyl halides is 2. The molecule has 0 unspecified atom stereocenters. The smallest absolute Gasteiger partial charge is 0.224 e. The zero-order chi connectivity index (χ0) is 12.9. The lowest BCUT2D eigenvalue weighted by atomic mass is 10.1. The molecule has 0 atom stereocenters. The molecule has 0 spiro atoms. The number of carbonyl (C=O) groups is 1. The van der Waals surface area contributed by atoms with Gasteiger partial charge in [-0.25, -0.2) is 4.39 Å². The number of halogens is 3. The third-order valence-corrected chi connectivity index (χ3v) is 3.46. The van der Waals surface area contributed by atoms with Crippen molar-refractivity contribution < 1.29 is 9.18 Å². The van der Waals surface area contributed by atoms with Gasteiger partial charge >= 0.3 is 0 Å². The van der Waals surface area contributed by atoms with Crippen molar-refractivity contribution in [3.63, 3.8) is 0 Å². The lowest BCUT2D eigenvalue weighted by Gasteiger charge is -2.25. The van der Waals surface area contributed by atoms with Crippen LogP contribution in [-0.4, -0.2) is 23.2 Å². The minimum Gasteiger partial charge on any atom is -0.348 e. The molecule has 5 heteroatoms. The Balaban J connectivity index is 2.61. The summed E-state index contributed by atoms with van der Waals surface area (Å²) in [5.74, 6) is -0.122. The van der Waals surface area contributed by atoms with Gasteiger partial charge in [-0.05, 0) is 24.6 Å². The van der Waals surface area contributed by atoms with Crippen molar-refractivity contribution >= 4 is 29.1 Å².